The van der Waals surface area contributed by atoms with Gasteiger partial charge in [-0.05, 0) is 18.3 Å². The zero-order valence-corrected chi connectivity index (χ0v) is 5.77. The van der Waals surface area contributed by atoms with E-state index in [1.54, 1.807) is 6.20 Å². The van der Waals surface area contributed by atoms with E-state index in [1.807, 2.05) is 6.07 Å². The summed E-state index contributed by atoms with van der Waals surface area (Å²) in [5.41, 5.74) is 0.889. The SMILES string of the molecule is S=c1nc2[nH]nccc-2[nH]1. The molecule has 0 bridgehead atoms. The van der Waals surface area contributed by atoms with Crippen molar-refractivity contribution in [1.82, 2.24) is 20.2 Å². The quantitative estimate of drug-likeness (QED) is 0.553. The van der Waals surface area contributed by atoms with Crippen molar-refractivity contribution < 1.29 is 0 Å². The highest BCUT2D eigenvalue weighted by atomic mass is 32.1. The Morgan fingerprint density at radius 1 is 1.50 bits per heavy atom. The molecule has 0 unspecified atom stereocenters. The lowest BCUT2D eigenvalue weighted by molar-refractivity contribution is 1.01. The summed E-state index contributed by atoms with van der Waals surface area (Å²) in [6.07, 6.45) is 1.65. The van der Waals surface area contributed by atoms with Gasteiger partial charge >= 0.3 is 0 Å². The number of rotatable bonds is 0. The lowest BCUT2D eigenvalue weighted by atomic mass is 10.4. The van der Waals surface area contributed by atoms with Crippen molar-refractivity contribution in [2.75, 3.05) is 0 Å². The van der Waals surface area contributed by atoms with E-state index < -0.39 is 0 Å². The first-order chi connectivity index (χ1) is 4.86. The molecule has 0 saturated carbocycles. The number of aromatic nitrogens is 4. The molecule has 0 aromatic carbocycles. The highest BCUT2D eigenvalue weighted by Gasteiger charge is 2.02. The summed E-state index contributed by atoms with van der Waals surface area (Å²) < 4.78 is 0.485. The molecule has 4 nitrogen and oxygen atoms in total. The van der Waals surface area contributed by atoms with Crippen molar-refractivity contribution in [2.24, 2.45) is 0 Å². The van der Waals surface area contributed by atoms with Gasteiger partial charge in [-0.15, -0.1) is 0 Å². The lowest BCUT2D eigenvalue weighted by Gasteiger charge is -1.89. The molecule has 0 atom stereocenters. The Morgan fingerprint density at radius 2 is 2.40 bits per heavy atom. The number of aromatic amines is 2. The van der Waals surface area contributed by atoms with Crippen molar-refractivity contribution in [2.45, 2.75) is 0 Å². The molecule has 2 rings (SSSR count). The Balaban J connectivity index is 2.88. The lowest BCUT2D eigenvalue weighted by Crippen LogP contribution is -1.85. The summed E-state index contributed by atoms with van der Waals surface area (Å²) in [5.74, 6) is 0.701. The van der Waals surface area contributed by atoms with E-state index in [0.29, 0.717) is 10.6 Å². The topological polar surface area (TPSA) is 57.4 Å². The zero-order chi connectivity index (χ0) is 6.97. The minimum atomic E-state index is 0.485. The van der Waals surface area contributed by atoms with Crippen LogP contribution in [0.15, 0.2) is 12.3 Å². The van der Waals surface area contributed by atoms with Crippen molar-refractivity contribution >= 4 is 12.2 Å². The fourth-order valence-electron chi connectivity index (χ4n) is 0.780. The van der Waals surface area contributed by atoms with Crippen LogP contribution in [0.2, 0.25) is 0 Å². The largest absolute Gasteiger partial charge is 0.328 e. The van der Waals surface area contributed by atoms with Crippen LogP contribution in [0.5, 0.6) is 0 Å². The fraction of sp³-hybridized carbons (Fsp3) is 0. The molecule has 2 N–H and O–H groups in total. The molecule has 5 heteroatoms. The van der Waals surface area contributed by atoms with E-state index in [1.165, 1.54) is 0 Å². The molecule has 0 spiro atoms. The summed E-state index contributed by atoms with van der Waals surface area (Å²) in [6.45, 7) is 0. The zero-order valence-electron chi connectivity index (χ0n) is 4.96. The number of nitrogens with zero attached hydrogens (tertiary/aromatic N) is 2. The highest BCUT2D eigenvalue weighted by Crippen LogP contribution is 2.10. The van der Waals surface area contributed by atoms with Crippen LogP contribution < -0.4 is 0 Å². The van der Waals surface area contributed by atoms with Crippen LogP contribution in [-0.2, 0) is 0 Å². The Kier molecular flexibility index (Phi) is 1.04. The van der Waals surface area contributed by atoms with Crippen molar-refractivity contribution in [3.63, 3.8) is 0 Å². The summed E-state index contributed by atoms with van der Waals surface area (Å²) in [6, 6.07) is 1.81. The summed E-state index contributed by atoms with van der Waals surface area (Å²) in [5, 5.41) is 6.48. The number of hydrogen-bond acceptors (Lipinski definition) is 3. The first-order valence-corrected chi connectivity index (χ1v) is 3.16. The second-order valence-electron chi connectivity index (χ2n) is 1.86. The van der Waals surface area contributed by atoms with Crippen LogP contribution in [0.1, 0.15) is 0 Å². The minimum Gasteiger partial charge on any atom is -0.328 e. The van der Waals surface area contributed by atoms with Gasteiger partial charge in [-0.2, -0.15) is 10.1 Å². The molecular formula is C5H4N4S. The molecule has 2 aliphatic heterocycles. The average Bonchev–Trinajstić information content (AvgIpc) is 2.27. The average molecular weight is 152 g/mol. The number of hydrogen-bond donors (Lipinski definition) is 2. The normalized spacial score (nSPS) is 10.4. The van der Waals surface area contributed by atoms with E-state index in [2.05, 4.69) is 20.2 Å². The summed E-state index contributed by atoms with van der Waals surface area (Å²) >= 11 is 4.80. The van der Waals surface area contributed by atoms with E-state index in [4.69, 9.17) is 12.2 Å². The van der Waals surface area contributed by atoms with Crippen molar-refractivity contribution in [1.29, 1.82) is 0 Å². The first kappa shape index (κ1) is 5.55. The molecule has 10 heavy (non-hydrogen) atoms. The third kappa shape index (κ3) is 0.714. The molecule has 0 radical (unpaired) electrons. The van der Waals surface area contributed by atoms with Crippen LogP contribution in [0.3, 0.4) is 0 Å². The van der Waals surface area contributed by atoms with Gasteiger partial charge in [0.1, 0.15) is 0 Å². The van der Waals surface area contributed by atoms with Gasteiger partial charge < -0.3 is 4.98 Å². The molecule has 0 amide bonds. The van der Waals surface area contributed by atoms with E-state index >= 15 is 0 Å². The van der Waals surface area contributed by atoms with Gasteiger partial charge in [-0.1, -0.05) is 0 Å². The number of H-pyrrole nitrogens is 2. The second-order valence-corrected chi connectivity index (χ2v) is 2.25. The third-order valence-electron chi connectivity index (χ3n) is 1.20. The van der Waals surface area contributed by atoms with Gasteiger partial charge in [-0.3, -0.25) is 5.10 Å². The predicted molar refractivity (Wildman–Crippen MR) is 38.2 cm³/mol. The molecule has 0 saturated heterocycles. The van der Waals surface area contributed by atoms with Crippen LogP contribution in [-0.4, -0.2) is 20.2 Å². The van der Waals surface area contributed by atoms with Crippen molar-refractivity contribution in [3.05, 3.63) is 17.0 Å². The smallest absolute Gasteiger partial charge is 0.199 e. The van der Waals surface area contributed by atoms with Gasteiger partial charge in [0.2, 0.25) is 0 Å². The number of imidazole rings is 1. The molecule has 50 valence electrons. The fourth-order valence-corrected chi connectivity index (χ4v) is 0.981. The van der Waals surface area contributed by atoms with Crippen LogP contribution in [0.25, 0.3) is 11.5 Å². The van der Waals surface area contributed by atoms with Crippen LogP contribution in [0, 0.1) is 4.77 Å². The summed E-state index contributed by atoms with van der Waals surface area (Å²) in [4.78, 5) is 6.85. The first-order valence-electron chi connectivity index (χ1n) is 2.76. The molecule has 0 aromatic rings. The van der Waals surface area contributed by atoms with Gasteiger partial charge in [0, 0.05) is 6.20 Å². The number of fused-ring (bicyclic) bond motifs is 1. The molecular weight excluding hydrogens is 148 g/mol. The monoisotopic (exact) mass is 152 g/mol. The molecule has 0 fully saturated rings. The maximum atomic E-state index is 4.80. The standard InChI is InChI=1S/C5H4N4S/c10-5-7-3-1-2-6-9-4(3)8-5/h1-2H,(H2,7,8,9,10). The Morgan fingerprint density at radius 3 is 3.20 bits per heavy atom. The maximum absolute atomic E-state index is 4.80. The molecule has 0 aromatic heterocycles. The number of nitrogens with one attached hydrogen (secondary N) is 2. The maximum Gasteiger partial charge on any atom is 0.199 e. The van der Waals surface area contributed by atoms with Gasteiger partial charge in [0.05, 0.1) is 5.69 Å². The summed E-state index contributed by atoms with van der Waals surface area (Å²) in [7, 11) is 0. The van der Waals surface area contributed by atoms with E-state index in [-0.39, 0.29) is 0 Å². The Labute approximate surface area is 61.7 Å². The molecule has 2 heterocycles. The van der Waals surface area contributed by atoms with E-state index in [9.17, 15) is 0 Å². The van der Waals surface area contributed by atoms with Crippen LogP contribution >= 0.6 is 12.2 Å². The third-order valence-corrected chi connectivity index (χ3v) is 1.39. The Bertz CT molecular complexity index is 329. The highest BCUT2D eigenvalue weighted by molar-refractivity contribution is 7.71. The van der Waals surface area contributed by atoms with Crippen LogP contribution in [0.4, 0.5) is 0 Å². The molecule has 2 aliphatic rings. The second kappa shape index (κ2) is 1.88. The minimum absolute atomic E-state index is 0.485. The molecule has 0 aliphatic carbocycles. The van der Waals surface area contributed by atoms with Crippen molar-refractivity contribution in [3.8, 4) is 11.5 Å². The van der Waals surface area contributed by atoms with Gasteiger partial charge in [-0.25, -0.2) is 0 Å². The predicted octanol–water partition coefficient (Wildman–Crippen LogP) is 0.967. The Hall–Kier alpha value is -1.23. The van der Waals surface area contributed by atoms with Gasteiger partial charge in [0.25, 0.3) is 0 Å². The van der Waals surface area contributed by atoms with E-state index in [0.717, 1.165) is 5.69 Å². The van der Waals surface area contributed by atoms with Gasteiger partial charge in [0.15, 0.2) is 10.6 Å².